The van der Waals surface area contributed by atoms with Crippen LogP contribution in [0.3, 0.4) is 0 Å². The molecule has 0 bridgehead atoms. The molecule has 18 heavy (non-hydrogen) atoms. The molecule has 1 aliphatic heterocycles. The highest BCUT2D eigenvalue weighted by Crippen LogP contribution is 2.17. The molecule has 3 N–H and O–H groups in total. The van der Waals surface area contributed by atoms with Crippen LogP contribution in [-0.2, 0) is 0 Å². The molecule has 92 valence electrons. The number of fused-ring (bicyclic) bond motifs is 1. The molecule has 1 aromatic carbocycles. The minimum absolute atomic E-state index is 0.474. The monoisotopic (exact) mass is 241 g/mol. The zero-order valence-electron chi connectivity index (χ0n) is 10.0. The first-order chi connectivity index (χ1) is 8.85. The summed E-state index contributed by atoms with van der Waals surface area (Å²) in [6, 6.07) is 8.10. The summed E-state index contributed by atoms with van der Waals surface area (Å²) in [7, 11) is 0. The molecular formula is C13H15N5. The Hall–Kier alpha value is -2.06. The maximum atomic E-state index is 8.86. The average Bonchev–Trinajstić information content (AvgIpc) is 2.80. The number of benzene rings is 1. The minimum Gasteiger partial charge on any atom is -0.353 e. The second kappa shape index (κ2) is 4.67. The smallest absolute Gasteiger partial charge is 0.201 e. The third-order valence-electron chi connectivity index (χ3n) is 3.29. The SMILES string of the molecule is N#Cc1ccc2nc(NC3CCNCC3)[nH]c2c1. The lowest BCUT2D eigenvalue weighted by Gasteiger charge is -2.23. The number of hydrogen-bond acceptors (Lipinski definition) is 4. The standard InChI is InChI=1S/C13H15N5/c14-8-9-1-2-11-12(7-9)18-13(17-11)16-10-3-5-15-6-4-10/h1-2,7,10,15H,3-6H2,(H2,16,17,18). The Labute approximate surface area is 105 Å². The zero-order chi connectivity index (χ0) is 12.4. The van der Waals surface area contributed by atoms with E-state index in [4.69, 9.17) is 5.26 Å². The topological polar surface area (TPSA) is 76.5 Å². The third kappa shape index (κ3) is 2.15. The van der Waals surface area contributed by atoms with E-state index in [2.05, 4.69) is 26.7 Å². The van der Waals surface area contributed by atoms with Crippen LogP contribution in [0.5, 0.6) is 0 Å². The van der Waals surface area contributed by atoms with Crippen LogP contribution in [0.4, 0.5) is 5.95 Å². The fourth-order valence-corrected chi connectivity index (χ4v) is 2.31. The molecule has 0 unspecified atom stereocenters. The molecule has 1 fully saturated rings. The number of anilines is 1. The highest BCUT2D eigenvalue weighted by Gasteiger charge is 2.14. The van der Waals surface area contributed by atoms with Gasteiger partial charge in [-0.05, 0) is 44.1 Å². The van der Waals surface area contributed by atoms with Gasteiger partial charge in [-0.25, -0.2) is 4.98 Å². The number of rotatable bonds is 2. The van der Waals surface area contributed by atoms with Gasteiger partial charge in [0.1, 0.15) is 0 Å². The van der Waals surface area contributed by atoms with Crippen molar-refractivity contribution in [1.82, 2.24) is 15.3 Å². The fourth-order valence-electron chi connectivity index (χ4n) is 2.31. The zero-order valence-corrected chi connectivity index (χ0v) is 10.0. The molecule has 5 heteroatoms. The van der Waals surface area contributed by atoms with Crippen LogP contribution in [0.25, 0.3) is 11.0 Å². The lowest BCUT2D eigenvalue weighted by atomic mass is 10.1. The number of hydrogen-bond donors (Lipinski definition) is 3. The quantitative estimate of drug-likeness (QED) is 0.746. The van der Waals surface area contributed by atoms with E-state index < -0.39 is 0 Å². The first-order valence-electron chi connectivity index (χ1n) is 6.22. The number of nitrogens with zero attached hydrogens (tertiary/aromatic N) is 2. The van der Waals surface area contributed by atoms with Crippen LogP contribution in [0.1, 0.15) is 18.4 Å². The van der Waals surface area contributed by atoms with Gasteiger partial charge in [0.15, 0.2) is 0 Å². The van der Waals surface area contributed by atoms with E-state index in [9.17, 15) is 0 Å². The van der Waals surface area contributed by atoms with Crippen LogP contribution in [0.15, 0.2) is 18.2 Å². The van der Waals surface area contributed by atoms with Crippen LogP contribution in [0.2, 0.25) is 0 Å². The summed E-state index contributed by atoms with van der Waals surface area (Å²) in [6.45, 7) is 2.10. The van der Waals surface area contributed by atoms with Crippen molar-refractivity contribution in [2.45, 2.75) is 18.9 Å². The van der Waals surface area contributed by atoms with Gasteiger partial charge in [0.25, 0.3) is 0 Å². The Morgan fingerprint density at radius 2 is 2.17 bits per heavy atom. The molecule has 0 saturated carbocycles. The Morgan fingerprint density at radius 1 is 1.33 bits per heavy atom. The number of piperidine rings is 1. The molecule has 1 aliphatic rings. The van der Waals surface area contributed by atoms with E-state index in [1.807, 2.05) is 12.1 Å². The summed E-state index contributed by atoms with van der Waals surface area (Å²) in [5.74, 6) is 0.798. The number of aromatic amines is 1. The average molecular weight is 241 g/mol. The highest BCUT2D eigenvalue weighted by atomic mass is 15.1. The van der Waals surface area contributed by atoms with Gasteiger partial charge in [-0.1, -0.05) is 0 Å². The Bertz CT molecular complexity index is 589. The third-order valence-corrected chi connectivity index (χ3v) is 3.29. The molecule has 5 nitrogen and oxygen atoms in total. The predicted molar refractivity (Wildman–Crippen MR) is 70.3 cm³/mol. The van der Waals surface area contributed by atoms with Gasteiger partial charge >= 0.3 is 0 Å². The first kappa shape index (κ1) is 11.1. The lowest BCUT2D eigenvalue weighted by molar-refractivity contribution is 0.477. The van der Waals surface area contributed by atoms with Crippen molar-refractivity contribution in [3.05, 3.63) is 23.8 Å². The molecule has 0 spiro atoms. The molecule has 2 heterocycles. The van der Waals surface area contributed by atoms with Gasteiger partial charge in [-0.2, -0.15) is 5.26 Å². The number of aromatic nitrogens is 2. The van der Waals surface area contributed by atoms with Gasteiger partial charge < -0.3 is 15.6 Å². The van der Waals surface area contributed by atoms with Gasteiger partial charge in [0.05, 0.1) is 22.7 Å². The highest BCUT2D eigenvalue weighted by molar-refractivity contribution is 5.79. The summed E-state index contributed by atoms with van der Waals surface area (Å²) in [4.78, 5) is 7.71. The first-order valence-corrected chi connectivity index (χ1v) is 6.22. The second-order valence-corrected chi connectivity index (χ2v) is 4.60. The summed E-state index contributed by atoms with van der Waals surface area (Å²) >= 11 is 0. The van der Waals surface area contributed by atoms with Crippen LogP contribution in [0, 0.1) is 11.3 Å². The van der Waals surface area contributed by atoms with Crippen molar-refractivity contribution in [3.63, 3.8) is 0 Å². The predicted octanol–water partition coefficient (Wildman–Crippen LogP) is 1.60. The van der Waals surface area contributed by atoms with E-state index in [1.54, 1.807) is 6.07 Å². The molecule has 0 atom stereocenters. The fraction of sp³-hybridized carbons (Fsp3) is 0.385. The number of nitrogens with one attached hydrogen (secondary N) is 3. The van der Waals surface area contributed by atoms with Crippen molar-refractivity contribution >= 4 is 17.0 Å². The largest absolute Gasteiger partial charge is 0.353 e. The molecule has 1 aromatic heterocycles. The molecule has 1 saturated heterocycles. The summed E-state index contributed by atoms with van der Waals surface area (Å²) < 4.78 is 0. The van der Waals surface area contributed by atoms with E-state index in [-0.39, 0.29) is 0 Å². The van der Waals surface area contributed by atoms with Gasteiger partial charge in [0, 0.05) is 6.04 Å². The molecule has 0 aliphatic carbocycles. The van der Waals surface area contributed by atoms with Crippen molar-refractivity contribution in [2.75, 3.05) is 18.4 Å². The number of imidazole rings is 1. The van der Waals surface area contributed by atoms with E-state index >= 15 is 0 Å². The lowest BCUT2D eigenvalue weighted by Crippen LogP contribution is -2.35. The van der Waals surface area contributed by atoms with Crippen LogP contribution in [-0.4, -0.2) is 29.1 Å². The molecule has 2 aromatic rings. The second-order valence-electron chi connectivity index (χ2n) is 4.60. The summed E-state index contributed by atoms with van der Waals surface area (Å²) in [5.41, 5.74) is 2.45. The number of nitriles is 1. The maximum Gasteiger partial charge on any atom is 0.201 e. The Balaban J connectivity index is 1.82. The minimum atomic E-state index is 0.474. The van der Waals surface area contributed by atoms with Crippen LogP contribution < -0.4 is 10.6 Å². The van der Waals surface area contributed by atoms with Crippen molar-refractivity contribution in [2.24, 2.45) is 0 Å². The Morgan fingerprint density at radius 3 is 2.94 bits per heavy atom. The van der Waals surface area contributed by atoms with E-state index in [0.717, 1.165) is 42.9 Å². The molecule has 0 radical (unpaired) electrons. The number of H-pyrrole nitrogens is 1. The molecular weight excluding hydrogens is 226 g/mol. The van der Waals surface area contributed by atoms with Crippen molar-refractivity contribution in [3.8, 4) is 6.07 Å². The van der Waals surface area contributed by atoms with Gasteiger partial charge in [0.2, 0.25) is 5.95 Å². The van der Waals surface area contributed by atoms with Crippen LogP contribution >= 0.6 is 0 Å². The van der Waals surface area contributed by atoms with Crippen molar-refractivity contribution < 1.29 is 0 Å². The van der Waals surface area contributed by atoms with Crippen molar-refractivity contribution in [1.29, 1.82) is 5.26 Å². The molecule has 3 rings (SSSR count). The summed E-state index contributed by atoms with van der Waals surface area (Å²) in [5, 5.41) is 15.6. The Kier molecular flexibility index (Phi) is 2.87. The summed E-state index contributed by atoms with van der Waals surface area (Å²) in [6.07, 6.45) is 2.22. The van der Waals surface area contributed by atoms with E-state index in [1.165, 1.54) is 0 Å². The van der Waals surface area contributed by atoms with Gasteiger partial charge in [-0.3, -0.25) is 0 Å². The normalized spacial score (nSPS) is 16.6. The maximum absolute atomic E-state index is 8.86. The van der Waals surface area contributed by atoms with E-state index in [0.29, 0.717) is 11.6 Å². The molecule has 0 amide bonds. The van der Waals surface area contributed by atoms with Gasteiger partial charge in [-0.15, -0.1) is 0 Å².